The first-order chi connectivity index (χ1) is 16.3. The summed E-state index contributed by atoms with van der Waals surface area (Å²) < 4.78 is 15.4. The van der Waals surface area contributed by atoms with Crippen LogP contribution in [0.4, 0.5) is 21.5 Å². The number of carbonyl (C=O) groups is 1. The highest BCUT2D eigenvalue weighted by molar-refractivity contribution is 6.05. The van der Waals surface area contributed by atoms with E-state index < -0.39 is 5.91 Å². The minimum absolute atomic E-state index is 0.0956. The van der Waals surface area contributed by atoms with E-state index in [4.69, 9.17) is 0 Å². The van der Waals surface area contributed by atoms with Gasteiger partial charge in [-0.15, -0.1) is 0 Å². The Labute approximate surface area is 197 Å². The minimum atomic E-state index is -0.412. The Hall–Kier alpha value is -4.37. The highest BCUT2D eigenvalue weighted by Crippen LogP contribution is 2.37. The molecule has 4 rings (SSSR count). The van der Waals surface area contributed by atoms with Crippen molar-refractivity contribution in [2.75, 3.05) is 10.6 Å². The molecule has 0 aliphatic carbocycles. The predicted octanol–water partition coefficient (Wildman–Crippen LogP) is 5.67. The van der Waals surface area contributed by atoms with E-state index in [1.54, 1.807) is 36.9 Å². The molecule has 1 heterocycles. The Balaban J connectivity index is 1.95. The minimum Gasteiger partial charge on any atom is -0.355 e. The maximum absolute atomic E-state index is 13.9. The summed E-state index contributed by atoms with van der Waals surface area (Å²) in [4.78, 5) is 24.8. The highest BCUT2D eigenvalue weighted by Gasteiger charge is 2.15. The van der Waals surface area contributed by atoms with Gasteiger partial charge in [0.25, 0.3) is 11.5 Å². The molecule has 1 amide bonds. The SMILES string of the molecule is CC#CC(=O)Nc1ccc(Nc2c(C)cc(F)cc2C)c(-c2cn(C)c(=O)c3ccccc23)c1. The average Bonchev–Trinajstić information content (AvgIpc) is 2.79. The van der Waals surface area contributed by atoms with E-state index in [1.165, 1.54) is 12.1 Å². The molecule has 4 aromatic rings. The van der Waals surface area contributed by atoms with E-state index in [-0.39, 0.29) is 11.4 Å². The second kappa shape index (κ2) is 9.24. The predicted molar refractivity (Wildman–Crippen MR) is 136 cm³/mol. The molecule has 34 heavy (non-hydrogen) atoms. The third-order valence-electron chi connectivity index (χ3n) is 5.65. The van der Waals surface area contributed by atoms with Gasteiger partial charge in [-0.25, -0.2) is 4.39 Å². The summed E-state index contributed by atoms with van der Waals surface area (Å²) in [6.07, 6.45) is 1.78. The summed E-state index contributed by atoms with van der Waals surface area (Å²) >= 11 is 0. The van der Waals surface area contributed by atoms with Gasteiger partial charge >= 0.3 is 0 Å². The van der Waals surface area contributed by atoms with Crippen molar-refractivity contribution in [3.05, 3.63) is 88.1 Å². The first-order valence-electron chi connectivity index (χ1n) is 10.8. The smallest absolute Gasteiger partial charge is 0.300 e. The number of fused-ring (bicyclic) bond motifs is 1. The number of amides is 1. The summed E-state index contributed by atoms with van der Waals surface area (Å²) in [5, 5.41) is 7.62. The van der Waals surface area contributed by atoms with Gasteiger partial charge in [-0.05, 0) is 79.6 Å². The number of nitrogens with zero attached hydrogens (tertiary/aromatic N) is 1. The summed E-state index contributed by atoms with van der Waals surface area (Å²) in [5.41, 5.74) is 5.15. The summed E-state index contributed by atoms with van der Waals surface area (Å²) in [7, 11) is 1.71. The van der Waals surface area contributed by atoms with E-state index >= 15 is 0 Å². The average molecular weight is 454 g/mol. The molecule has 0 aliphatic rings. The molecule has 0 spiro atoms. The number of aromatic nitrogens is 1. The molecule has 5 nitrogen and oxygen atoms in total. The van der Waals surface area contributed by atoms with Crippen molar-refractivity contribution in [1.82, 2.24) is 4.57 Å². The van der Waals surface area contributed by atoms with Crippen LogP contribution in [0.5, 0.6) is 0 Å². The third-order valence-corrected chi connectivity index (χ3v) is 5.65. The quantitative estimate of drug-likeness (QED) is 0.392. The molecule has 0 saturated carbocycles. The normalized spacial score (nSPS) is 10.5. The number of hydrogen-bond donors (Lipinski definition) is 2. The number of rotatable bonds is 4. The van der Waals surface area contributed by atoms with Crippen LogP contribution in [0.25, 0.3) is 21.9 Å². The number of aryl methyl sites for hydroxylation is 3. The summed E-state index contributed by atoms with van der Waals surface area (Å²) in [5.74, 6) is 4.36. The lowest BCUT2D eigenvalue weighted by Crippen LogP contribution is -2.16. The Morgan fingerprint density at radius 1 is 0.971 bits per heavy atom. The highest BCUT2D eigenvalue weighted by atomic mass is 19.1. The number of pyridine rings is 1. The topological polar surface area (TPSA) is 63.1 Å². The first kappa shape index (κ1) is 22.8. The number of carbonyl (C=O) groups excluding carboxylic acids is 1. The fourth-order valence-corrected chi connectivity index (χ4v) is 4.10. The zero-order chi connectivity index (χ0) is 24.4. The van der Waals surface area contributed by atoms with E-state index in [0.29, 0.717) is 11.1 Å². The Morgan fingerprint density at radius 2 is 1.65 bits per heavy atom. The van der Waals surface area contributed by atoms with Crippen LogP contribution < -0.4 is 16.2 Å². The van der Waals surface area contributed by atoms with Gasteiger partial charge in [0.05, 0.1) is 0 Å². The fraction of sp³-hybridized carbons (Fsp3) is 0.143. The lowest BCUT2D eigenvalue weighted by atomic mass is 9.97. The van der Waals surface area contributed by atoms with Crippen LogP contribution in [0, 0.1) is 31.5 Å². The van der Waals surface area contributed by atoms with Crippen molar-refractivity contribution in [1.29, 1.82) is 0 Å². The van der Waals surface area contributed by atoms with Crippen LogP contribution in [0.2, 0.25) is 0 Å². The van der Waals surface area contributed by atoms with Gasteiger partial charge in [0.2, 0.25) is 0 Å². The van der Waals surface area contributed by atoms with Crippen LogP contribution in [0.15, 0.2) is 65.6 Å². The van der Waals surface area contributed by atoms with Crippen molar-refractivity contribution < 1.29 is 9.18 Å². The maximum atomic E-state index is 13.9. The van der Waals surface area contributed by atoms with E-state index in [9.17, 15) is 14.0 Å². The maximum Gasteiger partial charge on any atom is 0.300 e. The molecule has 0 bridgehead atoms. The lowest BCUT2D eigenvalue weighted by molar-refractivity contribution is -0.111. The molecule has 170 valence electrons. The molecule has 0 aliphatic heterocycles. The number of halogens is 1. The van der Waals surface area contributed by atoms with Crippen LogP contribution in [0.3, 0.4) is 0 Å². The molecule has 0 radical (unpaired) electrons. The van der Waals surface area contributed by atoms with Crippen molar-refractivity contribution >= 4 is 33.7 Å². The van der Waals surface area contributed by atoms with E-state index in [2.05, 4.69) is 22.5 Å². The van der Waals surface area contributed by atoms with Crippen LogP contribution in [-0.4, -0.2) is 10.5 Å². The first-order valence-corrected chi connectivity index (χ1v) is 10.8. The van der Waals surface area contributed by atoms with Crippen molar-refractivity contribution in [2.45, 2.75) is 20.8 Å². The third kappa shape index (κ3) is 4.41. The van der Waals surface area contributed by atoms with Gasteiger partial charge in [-0.2, -0.15) is 0 Å². The lowest BCUT2D eigenvalue weighted by Gasteiger charge is -2.19. The summed E-state index contributed by atoms with van der Waals surface area (Å²) in [6, 6.07) is 15.9. The van der Waals surface area contributed by atoms with Gasteiger partial charge in [0.15, 0.2) is 0 Å². The second-order valence-corrected chi connectivity index (χ2v) is 8.13. The Kier molecular flexibility index (Phi) is 6.20. The standard InChI is InChI=1S/C28H24FN3O2/c1-5-8-26(33)30-20-11-12-25(31-27-17(2)13-19(29)14-18(27)3)23(15-20)24-16-32(4)28(34)22-10-7-6-9-21(22)24/h6-7,9-16,31H,1-4H3,(H,30,33). The number of hydrogen-bond acceptors (Lipinski definition) is 3. The Morgan fingerprint density at radius 3 is 2.32 bits per heavy atom. The number of nitrogens with one attached hydrogen (secondary N) is 2. The summed E-state index contributed by atoms with van der Waals surface area (Å²) in [6.45, 7) is 5.29. The van der Waals surface area contributed by atoms with Crippen molar-refractivity contribution in [3.8, 4) is 23.0 Å². The monoisotopic (exact) mass is 453 g/mol. The molecule has 2 N–H and O–H groups in total. The van der Waals surface area contributed by atoms with Gasteiger partial charge in [-0.3, -0.25) is 9.59 Å². The molecule has 6 heteroatoms. The van der Waals surface area contributed by atoms with Gasteiger partial charge in [-0.1, -0.05) is 24.1 Å². The van der Waals surface area contributed by atoms with Gasteiger partial charge in [0, 0.05) is 46.8 Å². The van der Waals surface area contributed by atoms with Crippen LogP contribution in [0.1, 0.15) is 18.1 Å². The zero-order valence-electron chi connectivity index (χ0n) is 19.4. The molecule has 0 fully saturated rings. The molecular weight excluding hydrogens is 429 g/mol. The zero-order valence-corrected chi connectivity index (χ0v) is 19.4. The molecule has 1 aromatic heterocycles. The van der Waals surface area contributed by atoms with Gasteiger partial charge in [0.1, 0.15) is 5.82 Å². The van der Waals surface area contributed by atoms with Crippen LogP contribution in [-0.2, 0) is 11.8 Å². The molecule has 0 atom stereocenters. The van der Waals surface area contributed by atoms with E-state index in [0.717, 1.165) is 39.0 Å². The molecular formula is C28H24FN3O2. The molecule has 0 saturated heterocycles. The van der Waals surface area contributed by atoms with Crippen LogP contribution >= 0.6 is 0 Å². The second-order valence-electron chi connectivity index (χ2n) is 8.13. The number of benzene rings is 3. The molecule has 3 aromatic carbocycles. The number of anilines is 3. The van der Waals surface area contributed by atoms with Crippen molar-refractivity contribution in [3.63, 3.8) is 0 Å². The molecule has 0 unspecified atom stereocenters. The fourth-order valence-electron chi connectivity index (χ4n) is 4.10. The van der Waals surface area contributed by atoms with E-state index in [1.807, 2.05) is 44.2 Å². The Bertz CT molecular complexity index is 1530. The van der Waals surface area contributed by atoms with Crippen molar-refractivity contribution in [2.24, 2.45) is 7.05 Å². The van der Waals surface area contributed by atoms with Gasteiger partial charge < -0.3 is 15.2 Å². The largest absolute Gasteiger partial charge is 0.355 e.